The molecule has 0 heterocycles. The van der Waals surface area contributed by atoms with E-state index in [9.17, 15) is 13.2 Å². The molecule has 0 amide bonds. The number of nitrogens with one attached hydrogen (secondary N) is 1. The van der Waals surface area contributed by atoms with Crippen LogP contribution in [0.2, 0.25) is 0 Å². The van der Waals surface area contributed by atoms with Crippen molar-refractivity contribution in [3.63, 3.8) is 0 Å². The van der Waals surface area contributed by atoms with Gasteiger partial charge in [-0.05, 0) is 31.1 Å². The molecule has 96 valence electrons. The van der Waals surface area contributed by atoms with Gasteiger partial charge in [0, 0.05) is 0 Å². The monoisotopic (exact) mass is 247 g/mol. The van der Waals surface area contributed by atoms with Crippen LogP contribution in [-0.2, 0) is 17.8 Å². The van der Waals surface area contributed by atoms with E-state index in [0.29, 0.717) is 0 Å². The molecular weight excluding hydrogens is 231 g/mol. The summed E-state index contributed by atoms with van der Waals surface area (Å²) in [6.07, 6.45) is -3.35. The third kappa shape index (κ3) is 6.28. The minimum atomic E-state index is -4.26. The predicted molar refractivity (Wildman–Crippen MR) is 59.8 cm³/mol. The average Bonchev–Trinajstić information content (AvgIpc) is 2.26. The summed E-state index contributed by atoms with van der Waals surface area (Å²) in [6.45, 7) is -0.329. The number of alkyl halides is 3. The molecule has 1 aromatic carbocycles. The van der Waals surface area contributed by atoms with E-state index in [1.165, 1.54) is 0 Å². The molecule has 0 aliphatic carbocycles. The molecule has 1 rings (SSSR count). The van der Waals surface area contributed by atoms with Crippen LogP contribution in [0, 0.1) is 0 Å². The topological polar surface area (TPSA) is 21.3 Å². The van der Waals surface area contributed by atoms with Gasteiger partial charge in [0.15, 0.2) is 0 Å². The maximum absolute atomic E-state index is 11.8. The first-order chi connectivity index (χ1) is 8.01. The summed E-state index contributed by atoms with van der Waals surface area (Å²) in [6, 6.07) is 7.40. The highest BCUT2D eigenvalue weighted by Gasteiger charge is 2.27. The average molecular weight is 247 g/mol. The summed E-state index contributed by atoms with van der Waals surface area (Å²) in [5.74, 6) is 0. The zero-order valence-electron chi connectivity index (χ0n) is 9.68. The highest BCUT2D eigenvalue weighted by atomic mass is 19.4. The second-order valence-corrected chi connectivity index (χ2v) is 3.78. The molecule has 0 spiro atoms. The Morgan fingerprint density at radius 3 is 2.24 bits per heavy atom. The molecule has 0 atom stereocenters. The second kappa shape index (κ2) is 6.61. The van der Waals surface area contributed by atoms with Gasteiger partial charge in [0.1, 0.15) is 6.61 Å². The predicted octanol–water partition coefficient (Wildman–Crippen LogP) is 2.53. The summed E-state index contributed by atoms with van der Waals surface area (Å²) in [5.41, 5.74) is 1.90. The van der Waals surface area contributed by atoms with E-state index >= 15 is 0 Å². The van der Waals surface area contributed by atoms with Crippen LogP contribution in [0.5, 0.6) is 0 Å². The normalized spacial score (nSPS) is 11.8. The minimum absolute atomic E-state index is 0.00812. The van der Waals surface area contributed by atoms with Gasteiger partial charge in [0.25, 0.3) is 0 Å². The molecule has 0 aliphatic heterocycles. The summed E-state index contributed by atoms with van der Waals surface area (Å²) >= 11 is 0. The molecule has 1 aromatic rings. The Hall–Kier alpha value is -1.07. The van der Waals surface area contributed by atoms with E-state index in [2.05, 4.69) is 10.1 Å². The summed E-state index contributed by atoms with van der Waals surface area (Å²) < 4.78 is 40.1. The summed E-state index contributed by atoms with van der Waals surface area (Å²) in [7, 11) is 1.87. The zero-order valence-corrected chi connectivity index (χ0v) is 9.68. The first kappa shape index (κ1) is 14.0. The van der Waals surface area contributed by atoms with Gasteiger partial charge in [-0.25, -0.2) is 0 Å². The molecule has 0 saturated heterocycles. The first-order valence-electron chi connectivity index (χ1n) is 5.38. The van der Waals surface area contributed by atoms with Gasteiger partial charge in [0.05, 0.1) is 6.61 Å². The maximum Gasteiger partial charge on any atom is 0.411 e. The Morgan fingerprint density at radius 1 is 1.12 bits per heavy atom. The van der Waals surface area contributed by atoms with Crippen LogP contribution in [0.3, 0.4) is 0 Å². The molecule has 0 saturated carbocycles. The van der Waals surface area contributed by atoms with Gasteiger partial charge in [-0.2, -0.15) is 13.2 Å². The standard InChI is InChI=1S/C12H16F3NO/c1-16-7-6-10-2-4-11(5-3-10)8-17-9-12(13,14)15/h2-5,16H,6-9H2,1H3. The van der Waals surface area contributed by atoms with Crippen molar-refractivity contribution >= 4 is 0 Å². The lowest BCUT2D eigenvalue weighted by Gasteiger charge is -2.08. The van der Waals surface area contributed by atoms with Gasteiger partial charge in [-0.1, -0.05) is 24.3 Å². The number of hydrogen-bond acceptors (Lipinski definition) is 2. The van der Waals surface area contributed by atoms with Crippen LogP contribution >= 0.6 is 0 Å². The molecule has 2 nitrogen and oxygen atoms in total. The van der Waals surface area contributed by atoms with Crippen molar-refractivity contribution in [1.82, 2.24) is 5.32 Å². The van der Waals surface area contributed by atoms with E-state index < -0.39 is 12.8 Å². The molecule has 0 radical (unpaired) electrons. The van der Waals surface area contributed by atoms with Gasteiger partial charge in [-0.15, -0.1) is 0 Å². The van der Waals surface area contributed by atoms with Gasteiger partial charge < -0.3 is 10.1 Å². The Kier molecular flexibility index (Phi) is 5.44. The fourth-order valence-corrected chi connectivity index (χ4v) is 1.36. The SMILES string of the molecule is CNCCc1ccc(COCC(F)(F)F)cc1. The smallest absolute Gasteiger partial charge is 0.367 e. The van der Waals surface area contributed by atoms with E-state index in [1.807, 2.05) is 19.2 Å². The molecule has 5 heteroatoms. The van der Waals surface area contributed by atoms with Crippen molar-refractivity contribution in [2.24, 2.45) is 0 Å². The lowest BCUT2D eigenvalue weighted by atomic mass is 10.1. The lowest BCUT2D eigenvalue weighted by Crippen LogP contribution is -2.16. The molecule has 0 aromatic heterocycles. The Labute approximate surface area is 98.8 Å². The minimum Gasteiger partial charge on any atom is -0.367 e. The van der Waals surface area contributed by atoms with E-state index in [1.54, 1.807) is 12.1 Å². The fraction of sp³-hybridized carbons (Fsp3) is 0.500. The molecular formula is C12H16F3NO. The number of hydrogen-bond donors (Lipinski definition) is 1. The first-order valence-corrected chi connectivity index (χ1v) is 5.38. The third-order valence-electron chi connectivity index (χ3n) is 2.22. The van der Waals surface area contributed by atoms with Gasteiger partial charge in [-0.3, -0.25) is 0 Å². The van der Waals surface area contributed by atoms with Crippen molar-refractivity contribution in [3.8, 4) is 0 Å². The van der Waals surface area contributed by atoms with Crippen molar-refractivity contribution in [2.45, 2.75) is 19.2 Å². The summed E-state index contributed by atoms with van der Waals surface area (Å²) in [5, 5.41) is 3.03. The van der Waals surface area contributed by atoms with Crippen molar-refractivity contribution in [2.75, 3.05) is 20.2 Å². The van der Waals surface area contributed by atoms with E-state index in [0.717, 1.165) is 24.1 Å². The van der Waals surface area contributed by atoms with E-state index in [-0.39, 0.29) is 6.61 Å². The quantitative estimate of drug-likeness (QED) is 0.834. The van der Waals surface area contributed by atoms with Gasteiger partial charge >= 0.3 is 6.18 Å². The van der Waals surface area contributed by atoms with Crippen molar-refractivity contribution < 1.29 is 17.9 Å². The number of benzene rings is 1. The molecule has 0 aliphatic rings. The highest BCUT2D eigenvalue weighted by Crippen LogP contribution is 2.15. The van der Waals surface area contributed by atoms with Crippen LogP contribution in [-0.4, -0.2) is 26.4 Å². The van der Waals surface area contributed by atoms with E-state index in [4.69, 9.17) is 0 Å². The Bertz CT molecular complexity index is 322. The number of halogens is 3. The maximum atomic E-state index is 11.8. The largest absolute Gasteiger partial charge is 0.411 e. The second-order valence-electron chi connectivity index (χ2n) is 3.78. The highest BCUT2D eigenvalue weighted by molar-refractivity contribution is 5.22. The third-order valence-corrected chi connectivity index (χ3v) is 2.22. The van der Waals surface area contributed by atoms with Crippen LogP contribution in [0.4, 0.5) is 13.2 Å². The summed E-state index contributed by atoms with van der Waals surface area (Å²) in [4.78, 5) is 0. The van der Waals surface area contributed by atoms with Gasteiger partial charge in [0.2, 0.25) is 0 Å². The van der Waals surface area contributed by atoms with Crippen LogP contribution in [0.1, 0.15) is 11.1 Å². The lowest BCUT2D eigenvalue weighted by molar-refractivity contribution is -0.176. The van der Waals surface area contributed by atoms with Crippen LogP contribution < -0.4 is 5.32 Å². The number of likely N-dealkylation sites (N-methyl/N-ethyl adjacent to an activating group) is 1. The van der Waals surface area contributed by atoms with Crippen molar-refractivity contribution in [3.05, 3.63) is 35.4 Å². The Morgan fingerprint density at radius 2 is 1.71 bits per heavy atom. The molecule has 0 unspecified atom stereocenters. The molecule has 1 N–H and O–H groups in total. The van der Waals surface area contributed by atoms with Crippen molar-refractivity contribution in [1.29, 1.82) is 0 Å². The molecule has 0 fully saturated rings. The molecule has 17 heavy (non-hydrogen) atoms. The molecule has 0 bridgehead atoms. The zero-order chi connectivity index (χ0) is 12.7. The Balaban J connectivity index is 2.35. The van der Waals surface area contributed by atoms with Crippen LogP contribution in [0.15, 0.2) is 24.3 Å². The number of ether oxygens (including phenoxy) is 1. The fourth-order valence-electron chi connectivity index (χ4n) is 1.36. The number of rotatable bonds is 6. The van der Waals surface area contributed by atoms with Crippen LogP contribution in [0.25, 0.3) is 0 Å².